The zero-order chi connectivity index (χ0) is 13.3. The number of aryl methyl sites for hydroxylation is 1. The lowest BCUT2D eigenvalue weighted by atomic mass is 9.88. The number of nitrogens with zero attached hydrogens (tertiary/aromatic N) is 2. The molecule has 1 aromatic heterocycles. The summed E-state index contributed by atoms with van der Waals surface area (Å²) in [6.07, 6.45) is 0. The van der Waals surface area contributed by atoms with Crippen molar-refractivity contribution in [2.75, 3.05) is 25.1 Å². The Bertz CT molecular complexity index is 574. The molecule has 2 heterocycles. The molecule has 1 fully saturated rings. The molecule has 2 aromatic rings. The van der Waals surface area contributed by atoms with Crippen LogP contribution in [-0.4, -0.2) is 34.9 Å². The number of ether oxygens (including phenoxy) is 1. The number of aromatic nitrogens is 3. The van der Waals surface area contributed by atoms with E-state index in [1.807, 2.05) is 25.1 Å². The van der Waals surface area contributed by atoms with Crippen LogP contribution in [0.25, 0.3) is 11.4 Å². The molecule has 0 aliphatic carbocycles. The van der Waals surface area contributed by atoms with Gasteiger partial charge in [0.2, 0.25) is 0 Å². The quantitative estimate of drug-likeness (QED) is 0.882. The van der Waals surface area contributed by atoms with Gasteiger partial charge in [0.1, 0.15) is 5.82 Å². The Morgan fingerprint density at radius 2 is 2.16 bits per heavy atom. The van der Waals surface area contributed by atoms with Crippen molar-refractivity contribution >= 4 is 5.69 Å². The lowest BCUT2D eigenvalue weighted by Gasteiger charge is -2.38. The van der Waals surface area contributed by atoms with Crippen LogP contribution in [0.5, 0.6) is 0 Å². The molecular formula is C14H18N4O. The summed E-state index contributed by atoms with van der Waals surface area (Å²) in [6.45, 7) is 6.67. The molecule has 5 heteroatoms. The van der Waals surface area contributed by atoms with E-state index in [-0.39, 0.29) is 5.41 Å². The summed E-state index contributed by atoms with van der Waals surface area (Å²) in [7, 11) is 0. The molecule has 2 N–H and O–H groups in total. The van der Waals surface area contributed by atoms with Crippen LogP contribution in [0, 0.1) is 12.3 Å². The number of hydrogen-bond acceptors (Lipinski definition) is 4. The second-order valence-corrected chi connectivity index (χ2v) is 5.45. The fourth-order valence-corrected chi connectivity index (χ4v) is 2.16. The van der Waals surface area contributed by atoms with Gasteiger partial charge in [-0.1, -0.05) is 19.1 Å². The number of benzene rings is 1. The van der Waals surface area contributed by atoms with E-state index < -0.39 is 0 Å². The third-order valence-electron chi connectivity index (χ3n) is 3.37. The van der Waals surface area contributed by atoms with Crippen molar-refractivity contribution in [3.63, 3.8) is 0 Å². The Balaban J connectivity index is 1.81. The van der Waals surface area contributed by atoms with Gasteiger partial charge in [0, 0.05) is 23.2 Å². The van der Waals surface area contributed by atoms with Gasteiger partial charge in [-0.25, -0.2) is 4.98 Å². The predicted molar refractivity (Wildman–Crippen MR) is 74.0 cm³/mol. The van der Waals surface area contributed by atoms with Crippen molar-refractivity contribution in [1.82, 2.24) is 15.2 Å². The van der Waals surface area contributed by atoms with Crippen molar-refractivity contribution in [2.45, 2.75) is 13.8 Å². The lowest BCUT2D eigenvalue weighted by Crippen LogP contribution is -2.45. The highest BCUT2D eigenvalue weighted by atomic mass is 16.5. The highest BCUT2D eigenvalue weighted by Crippen LogP contribution is 2.29. The average Bonchev–Trinajstić information content (AvgIpc) is 2.81. The molecule has 0 unspecified atom stereocenters. The lowest BCUT2D eigenvalue weighted by molar-refractivity contribution is -0.0924. The third-order valence-corrected chi connectivity index (χ3v) is 3.37. The molecule has 0 atom stereocenters. The monoisotopic (exact) mass is 258 g/mol. The van der Waals surface area contributed by atoms with Gasteiger partial charge in [-0.2, -0.15) is 5.10 Å². The summed E-state index contributed by atoms with van der Waals surface area (Å²) in [5.74, 6) is 1.56. The first kappa shape index (κ1) is 12.2. The minimum absolute atomic E-state index is 0.238. The van der Waals surface area contributed by atoms with Crippen LogP contribution in [0.4, 0.5) is 5.69 Å². The number of hydrogen-bond donors (Lipinski definition) is 2. The van der Waals surface area contributed by atoms with E-state index in [0.717, 1.165) is 42.7 Å². The summed E-state index contributed by atoms with van der Waals surface area (Å²) in [5, 5.41) is 10.6. The number of anilines is 1. The molecule has 1 aliphatic rings. The largest absolute Gasteiger partial charge is 0.384 e. The maximum atomic E-state index is 5.27. The van der Waals surface area contributed by atoms with Gasteiger partial charge in [0.15, 0.2) is 5.82 Å². The van der Waals surface area contributed by atoms with Gasteiger partial charge in [-0.05, 0) is 19.1 Å². The molecule has 0 amide bonds. The van der Waals surface area contributed by atoms with Crippen LogP contribution in [0.15, 0.2) is 24.3 Å². The van der Waals surface area contributed by atoms with Crippen LogP contribution in [-0.2, 0) is 4.74 Å². The molecule has 1 aromatic carbocycles. The highest BCUT2D eigenvalue weighted by Gasteiger charge is 2.33. The van der Waals surface area contributed by atoms with Crippen molar-refractivity contribution in [1.29, 1.82) is 0 Å². The minimum atomic E-state index is 0.238. The number of rotatable bonds is 4. The van der Waals surface area contributed by atoms with Gasteiger partial charge < -0.3 is 10.1 Å². The van der Waals surface area contributed by atoms with Crippen LogP contribution in [0.2, 0.25) is 0 Å². The van der Waals surface area contributed by atoms with Gasteiger partial charge in [-0.3, -0.25) is 5.10 Å². The first-order valence-electron chi connectivity index (χ1n) is 6.46. The van der Waals surface area contributed by atoms with Gasteiger partial charge in [0.05, 0.1) is 13.2 Å². The molecule has 0 spiro atoms. The fourth-order valence-electron chi connectivity index (χ4n) is 2.16. The van der Waals surface area contributed by atoms with Crippen molar-refractivity contribution in [2.24, 2.45) is 5.41 Å². The summed E-state index contributed by atoms with van der Waals surface area (Å²) in [5.41, 5.74) is 2.33. The van der Waals surface area contributed by atoms with Crippen molar-refractivity contribution < 1.29 is 4.74 Å². The SMILES string of the molecule is Cc1nc(-c2ccccc2NCC2(C)COC2)n[nH]1. The van der Waals surface area contributed by atoms with E-state index in [4.69, 9.17) is 4.74 Å². The Labute approximate surface area is 112 Å². The summed E-state index contributed by atoms with van der Waals surface area (Å²) in [6, 6.07) is 8.11. The Kier molecular flexibility index (Phi) is 2.98. The van der Waals surface area contributed by atoms with E-state index in [1.54, 1.807) is 0 Å². The second-order valence-electron chi connectivity index (χ2n) is 5.45. The van der Waals surface area contributed by atoms with Gasteiger partial charge >= 0.3 is 0 Å². The molecule has 19 heavy (non-hydrogen) atoms. The second kappa shape index (κ2) is 4.66. The Morgan fingerprint density at radius 3 is 2.79 bits per heavy atom. The van der Waals surface area contributed by atoms with E-state index in [9.17, 15) is 0 Å². The zero-order valence-electron chi connectivity index (χ0n) is 11.2. The molecule has 3 rings (SSSR count). The topological polar surface area (TPSA) is 62.8 Å². The first-order chi connectivity index (χ1) is 9.16. The molecule has 100 valence electrons. The smallest absolute Gasteiger partial charge is 0.183 e. The number of aromatic amines is 1. The number of H-pyrrole nitrogens is 1. The average molecular weight is 258 g/mol. The van der Waals surface area contributed by atoms with Crippen LogP contribution >= 0.6 is 0 Å². The van der Waals surface area contributed by atoms with Gasteiger partial charge in [-0.15, -0.1) is 0 Å². The summed E-state index contributed by atoms with van der Waals surface area (Å²) < 4.78 is 5.27. The van der Waals surface area contributed by atoms with E-state index in [1.165, 1.54) is 0 Å². The normalized spacial score (nSPS) is 16.9. The zero-order valence-corrected chi connectivity index (χ0v) is 11.2. The molecule has 5 nitrogen and oxygen atoms in total. The van der Waals surface area contributed by atoms with Gasteiger partial charge in [0.25, 0.3) is 0 Å². The maximum Gasteiger partial charge on any atom is 0.183 e. The Morgan fingerprint density at radius 1 is 1.37 bits per heavy atom. The van der Waals surface area contributed by atoms with Crippen LogP contribution < -0.4 is 5.32 Å². The summed E-state index contributed by atoms with van der Waals surface area (Å²) in [4.78, 5) is 4.39. The predicted octanol–water partition coefficient (Wildman–Crippen LogP) is 2.23. The minimum Gasteiger partial charge on any atom is -0.384 e. The highest BCUT2D eigenvalue weighted by molar-refractivity contribution is 5.73. The maximum absolute atomic E-state index is 5.27. The molecule has 1 saturated heterocycles. The van der Waals surface area contributed by atoms with E-state index in [2.05, 4.69) is 33.5 Å². The molecule has 1 aliphatic heterocycles. The molecule has 0 bridgehead atoms. The first-order valence-corrected chi connectivity index (χ1v) is 6.46. The number of para-hydroxylation sites is 1. The van der Waals surface area contributed by atoms with Crippen molar-refractivity contribution in [3.05, 3.63) is 30.1 Å². The van der Waals surface area contributed by atoms with Crippen LogP contribution in [0.3, 0.4) is 0 Å². The van der Waals surface area contributed by atoms with E-state index >= 15 is 0 Å². The summed E-state index contributed by atoms with van der Waals surface area (Å²) >= 11 is 0. The Hall–Kier alpha value is -1.88. The molecule has 0 saturated carbocycles. The molecular weight excluding hydrogens is 240 g/mol. The van der Waals surface area contributed by atoms with E-state index in [0.29, 0.717) is 0 Å². The fraction of sp³-hybridized carbons (Fsp3) is 0.429. The third kappa shape index (κ3) is 2.46. The molecule has 0 radical (unpaired) electrons. The number of nitrogens with one attached hydrogen (secondary N) is 2. The van der Waals surface area contributed by atoms with Crippen LogP contribution in [0.1, 0.15) is 12.7 Å². The van der Waals surface area contributed by atoms with Crippen molar-refractivity contribution in [3.8, 4) is 11.4 Å². The standard InChI is InChI=1S/C14H18N4O/c1-10-16-13(18-17-10)11-5-3-4-6-12(11)15-7-14(2)8-19-9-14/h3-6,15H,7-9H2,1-2H3,(H,16,17,18).